The SMILES string of the molecule is COC(=O)c1ccc(NC(CCO)c2cccs2)nn1. The highest BCUT2D eigenvalue weighted by Gasteiger charge is 2.14. The van der Waals surface area contributed by atoms with Gasteiger partial charge in [0.1, 0.15) is 5.82 Å². The number of hydrogen-bond acceptors (Lipinski definition) is 7. The topological polar surface area (TPSA) is 84.3 Å². The summed E-state index contributed by atoms with van der Waals surface area (Å²) in [6.45, 7) is 0.0727. The number of esters is 1. The highest BCUT2D eigenvalue weighted by atomic mass is 32.1. The second-order valence-corrected chi connectivity index (χ2v) is 5.00. The maximum Gasteiger partial charge on any atom is 0.358 e. The number of hydrogen-bond donors (Lipinski definition) is 2. The van der Waals surface area contributed by atoms with Gasteiger partial charge in [0, 0.05) is 11.5 Å². The summed E-state index contributed by atoms with van der Waals surface area (Å²) in [5.41, 5.74) is 0.160. The van der Waals surface area contributed by atoms with Crippen molar-refractivity contribution in [2.24, 2.45) is 0 Å². The molecule has 0 saturated heterocycles. The molecule has 2 N–H and O–H groups in total. The minimum atomic E-state index is -0.519. The standard InChI is InChI=1S/C13H15N3O3S/c1-19-13(18)10-4-5-12(16-15-10)14-9(6-7-17)11-3-2-8-20-11/h2-5,8-9,17H,6-7H2,1H3,(H,14,16). The van der Waals surface area contributed by atoms with E-state index in [4.69, 9.17) is 5.11 Å². The highest BCUT2D eigenvalue weighted by Crippen LogP contribution is 2.25. The normalized spacial score (nSPS) is 11.9. The third-order valence-electron chi connectivity index (χ3n) is 2.69. The lowest BCUT2D eigenvalue weighted by atomic mass is 10.2. The van der Waals surface area contributed by atoms with E-state index in [1.165, 1.54) is 7.11 Å². The lowest BCUT2D eigenvalue weighted by Crippen LogP contribution is -2.13. The molecule has 0 spiro atoms. The monoisotopic (exact) mass is 293 g/mol. The predicted octanol–water partition coefficient (Wildman–Crippen LogP) is 1.86. The van der Waals surface area contributed by atoms with E-state index in [2.05, 4.69) is 20.3 Å². The first-order chi connectivity index (χ1) is 9.74. The number of nitrogens with one attached hydrogen (secondary N) is 1. The molecule has 0 saturated carbocycles. The zero-order valence-electron chi connectivity index (χ0n) is 10.9. The average molecular weight is 293 g/mol. The maximum atomic E-state index is 11.3. The molecule has 0 amide bonds. The van der Waals surface area contributed by atoms with Crippen molar-refractivity contribution in [3.8, 4) is 0 Å². The molecule has 0 bridgehead atoms. The van der Waals surface area contributed by atoms with Gasteiger partial charge in [-0.3, -0.25) is 0 Å². The Labute approximate surface area is 120 Å². The van der Waals surface area contributed by atoms with Gasteiger partial charge in [-0.2, -0.15) is 0 Å². The fourth-order valence-electron chi connectivity index (χ4n) is 1.71. The largest absolute Gasteiger partial charge is 0.464 e. The van der Waals surface area contributed by atoms with Crippen LogP contribution < -0.4 is 5.32 Å². The van der Waals surface area contributed by atoms with Gasteiger partial charge in [0.15, 0.2) is 5.69 Å². The Morgan fingerprint density at radius 3 is 2.85 bits per heavy atom. The van der Waals surface area contributed by atoms with Crippen LogP contribution in [-0.2, 0) is 4.74 Å². The van der Waals surface area contributed by atoms with Gasteiger partial charge in [0.05, 0.1) is 13.2 Å². The number of aromatic nitrogens is 2. The number of aliphatic hydroxyl groups is 1. The van der Waals surface area contributed by atoms with E-state index in [0.717, 1.165) is 4.88 Å². The summed E-state index contributed by atoms with van der Waals surface area (Å²) < 4.78 is 4.56. The molecule has 6 nitrogen and oxygen atoms in total. The predicted molar refractivity (Wildman–Crippen MR) is 75.8 cm³/mol. The zero-order chi connectivity index (χ0) is 14.4. The van der Waals surface area contributed by atoms with Gasteiger partial charge < -0.3 is 15.2 Å². The van der Waals surface area contributed by atoms with Crippen LogP contribution in [0.3, 0.4) is 0 Å². The van der Waals surface area contributed by atoms with E-state index < -0.39 is 5.97 Å². The molecule has 1 unspecified atom stereocenters. The van der Waals surface area contributed by atoms with Gasteiger partial charge >= 0.3 is 5.97 Å². The number of nitrogens with zero attached hydrogens (tertiary/aromatic N) is 2. The molecule has 0 aliphatic rings. The molecule has 7 heteroatoms. The number of thiophene rings is 1. The Bertz CT molecular complexity index is 542. The molecular formula is C13H15N3O3S. The first-order valence-corrected chi connectivity index (χ1v) is 6.95. The van der Waals surface area contributed by atoms with E-state index >= 15 is 0 Å². The fraction of sp³-hybridized carbons (Fsp3) is 0.308. The molecule has 0 aromatic carbocycles. The van der Waals surface area contributed by atoms with Crippen molar-refractivity contribution in [2.45, 2.75) is 12.5 Å². The molecule has 2 aromatic heterocycles. The first-order valence-electron chi connectivity index (χ1n) is 6.07. The van der Waals surface area contributed by atoms with Crippen LogP contribution in [0.2, 0.25) is 0 Å². The van der Waals surface area contributed by atoms with E-state index in [9.17, 15) is 4.79 Å². The molecule has 20 heavy (non-hydrogen) atoms. The average Bonchev–Trinajstić information content (AvgIpc) is 3.01. The Hall–Kier alpha value is -1.99. The lowest BCUT2D eigenvalue weighted by molar-refractivity contribution is 0.0593. The minimum absolute atomic E-state index is 0.0294. The van der Waals surface area contributed by atoms with Gasteiger partial charge in [-0.15, -0.1) is 21.5 Å². The summed E-state index contributed by atoms with van der Waals surface area (Å²) in [4.78, 5) is 12.4. The zero-order valence-corrected chi connectivity index (χ0v) is 11.8. The van der Waals surface area contributed by atoms with Gasteiger partial charge in [-0.25, -0.2) is 4.79 Å². The minimum Gasteiger partial charge on any atom is -0.464 e. The molecule has 0 aliphatic carbocycles. The third kappa shape index (κ3) is 3.52. The number of carbonyl (C=O) groups is 1. The van der Waals surface area contributed by atoms with E-state index in [-0.39, 0.29) is 18.3 Å². The summed E-state index contributed by atoms with van der Waals surface area (Å²) in [5.74, 6) is 0.0266. The van der Waals surface area contributed by atoms with E-state index in [0.29, 0.717) is 12.2 Å². The number of ether oxygens (including phenoxy) is 1. The Balaban J connectivity index is 2.09. The van der Waals surface area contributed by atoms with Gasteiger partial charge in [-0.05, 0) is 30.0 Å². The molecule has 2 heterocycles. The van der Waals surface area contributed by atoms with Crippen LogP contribution in [0.25, 0.3) is 0 Å². The van der Waals surface area contributed by atoms with Crippen molar-refractivity contribution < 1.29 is 14.6 Å². The lowest BCUT2D eigenvalue weighted by Gasteiger charge is -2.16. The molecule has 2 rings (SSSR count). The first kappa shape index (κ1) is 14.4. The number of anilines is 1. The number of rotatable bonds is 6. The Morgan fingerprint density at radius 1 is 1.45 bits per heavy atom. The van der Waals surface area contributed by atoms with Crippen molar-refractivity contribution in [3.05, 3.63) is 40.2 Å². The number of aliphatic hydroxyl groups excluding tert-OH is 1. The summed E-state index contributed by atoms with van der Waals surface area (Å²) in [6, 6.07) is 7.13. The number of carbonyl (C=O) groups excluding carboxylic acids is 1. The smallest absolute Gasteiger partial charge is 0.358 e. The van der Waals surface area contributed by atoms with Crippen LogP contribution in [0.1, 0.15) is 27.8 Å². The van der Waals surface area contributed by atoms with Crippen LogP contribution >= 0.6 is 11.3 Å². The highest BCUT2D eigenvalue weighted by molar-refractivity contribution is 7.10. The second-order valence-electron chi connectivity index (χ2n) is 4.02. The molecule has 0 aliphatic heterocycles. The van der Waals surface area contributed by atoms with E-state index in [1.54, 1.807) is 23.5 Å². The van der Waals surface area contributed by atoms with Crippen LogP contribution in [0.4, 0.5) is 5.82 Å². The van der Waals surface area contributed by atoms with Crippen LogP contribution in [-0.4, -0.2) is 35.0 Å². The molecular weight excluding hydrogens is 278 g/mol. The summed E-state index contributed by atoms with van der Waals surface area (Å²) in [7, 11) is 1.30. The molecule has 0 radical (unpaired) electrons. The number of methoxy groups -OCH3 is 1. The van der Waals surface area contributed by atoms with Crippen molar-refractivity contribution >= 4 is 23.1 Å². The van der Waals surface area contributed by atoms with Crippen LogP contribution in [0.15, 0.2) is 29.6 Å². The Morgan fingerprint density at radius 2 is 2.30 bits per heavy atom. The third-order valence-corrected chi connectivity index (χ3v) is 3.67. The van der Waals surface area contributed by atoms with Gasteiger partial charge in [0.2, 0.25) is 0 Å². The summed E-state index contributed by atoms with van der Waals surface area (Å²) in [5, 5.41) is 22.0. The summed E-state index contributed by atoms with van der Waals surface area (Å²) >= 11 is 1.61. The molecule has 106 valence electrons. The fourth-order valence-corrected chi connectivity index (χ4v) is 2.52. The molecule has 1 atom stereocenters. The molecule has 0 fully saturated rings. The van der Waals surface area contributed by atoms with Crippen LogP contribution in [0.5, 0.6) is 0 Å². The van der Waals surface area contributed by atoms with E-state index in [1.807, 2.05) is 17.5 Å². The van der Waals surface area contributed by atoms with Crippen molar-refractivity contribution in [2.75, 3.05) is 19.0 Å². The van der Waals surface area contributed by atoms with Gasteiger partial charge in [0.25, 0.3) is 0 Å². The Kier molecular flexibility index (Phi) is 5.03. The quantitative estimate of drug-likeness (QED) is 0.791. The van der Waals surface area contributed by atoms with Crippen LogP contribution in [0, 0.1) is 0 Å². The van der Waals surface area contributed by atoms with Crippen molar-refractivity contribution in [1.82, 2.24) is 10.2 Å². The maximum absolute atomic E-state index is 11.3. The van der Waals surface area contributed by atoms with Gasteiger partial charge in [-0.1, -0.05) is 6.07 Å². The molecule has 2 aromatic rings. The van der Waals surface area contributed by atoms with Crippen molar-refractivity contribution in [1.29, 1.82) is 0 Å². The second kappa shape index (κ2) is 6.97. The summed E-state index contributed by atoms with van der Waals surface area (Å²) in [6.07, 6.45) is 0.570. The van der Waals surface area contributed by atoms with Crippen molar-refractivity contribution in [3.63, 3.8) is 0 Å².